The van der Waals surface area contributed by atoms with Gasteiger partial charge in [-0.25, -0.2) is 0 Å². The van der Waals surface area contributed by atoms with E-state index in [1.54, 1.807) is 37.3 Å². The number of aliphatic carboxylic acids is 1. The Hall–Kier alpha value is -2.63. The van der Waals surface area contributed by atoms with Crippen molar-refractivity contribution in [3.63, 3.8) is 0 Å². The topological polar surface area (TPSA) is 109 Å². The lowest BCUT2D eigenvalue weighted by Crippen LogP contribution is -2.25. The van der Waals surface area contributed by atoms with Crippen molar-refractivity contribution in [2.24, 2.45) is 11.7 Å². The van der Waals surface area contributed by atoms with Gasteiger partial charge < -0.3 is 16.2 Å². The molecule has 0 aliphatic rings. The number of carbonyl (C=O) groups excluding carboxylic acids is 2. The number of benzene rings is 1. The predicted octanol–water partition coefficient (Wildman–Crippen LogP) is 1.03. The van der Waals surface area contributed by atoms with Crippen LogP contribution in [0.15, 0.2) is 30.3 Å². The third-order valence-corrected chi connectivity index (χ3v) is 2.92. The molecule has 0 heterocycles. The summed E-state index contributed by atoms with van der Waals surface area (Å²) in [5.41, 5.74) is 6.28. The summed E-state index contributed by atoms with van der Waals surface area (Å²) in [6.07, 6.45) is 3.33. The van der Waals surface area contributed by atoms with Crippen LogP contribution in [0.1, 0.15) is 29.3 Å². The number of carboxylic acid groups (broad SMARTS) is 1. The van der Waals surface area contributed by atoms with Gasteiger partial charge in [0.05, 0.1) is 5.92 Å². The van der Waals surface area contributed by atoms with Crippen LogP contribution >= 0.6 is 0 Å². The molecule has 4 N–H and O–H groups in total. The van der Waals surface area contributed by atoms with Crippen molar-refractivity contribution in [3.05, 3.63) is 41.5 Å². The average molecular weight is 290 g/mol. The minimum Gasteiger partial charge on any atom is -0.481 e. The van der Waals surface area contributed by atoms with Crippen molar-refractivity contribution in [1.82, 2.24) is 5.32 Å². The van der Waals surface area contributed by atoms with Crippen LogP contribution in [0, 0.1) is 5.92 Å². The first-order valence-corrected chi connectivity index (χ1v) is 6.48. The van der Waals surface area contributed by atoms with Gasteiger partial charge in [0.2, 0.25) is 11.8 Å². The van der Waals surface area contributed by atoms with Crippen LogP contribution in [0.4, 0.5) is 0 Å². The van der Waals surface area contributed by atoms with Crippen molar-refractivity contribution in [2.75, 3.05) is 6.54 Å². The van der Waals surface area contributed by atoms with E-state index < -0.39 is 17.8 Å². The fraction of sp³-hybridized carbons (Fsp3) is 0.267. The smallest absolute Gasteiger partial charge is 0.306 e. The quantitative estimate of drug-likeness (QED) is 0.651. The van der Waals surface area contributed by atoms with Gasteiger partial charge >= 0.3 is 5.97 Å². The highest BCUT2D eigenvalue weighted by Crippen LogP contribution is 2.05. The maximum Gasteiger partial charge on any atom is 0.306 e. The highest BCUT2D eigenvalue weighted by Gasteiger charge is 2.10. The van der Waals surface area contributed by atoms with Crippen molar-refractivity contribution < 1.29 is 19.5 Å². The number of rotatable bonds is 7. The molecule has 1 unspecified atom stereocenters. The van der Waals surface area contributed by atoms with Gasteiger partial charge in [0.25, 0.3) is 0 Å². The lowest BCUT2D eigenvalue weighted by atomic mass is 10.1. The molecule has 0 saturated carbocycles. The molecule has 0 saturated heterocycles. The van der Waals surface area contributed by atoms with Crippen molar-refractivity contribution in [1.29, 1.82) is 0 Å². The second-order valence-corrected chi connectivity index (χ2v) is 4.64. The first-order chi connectivity index (χ1) is 9.90. The molecule has 21 heavy (non-hydrogen) atoms. The first kappa shape index (κ1) is 16.4. The molecule has 112 valence electrons. The van der Waals surface area contributed by atoms with E-state index in [4.69, 9.17) is 10.8 Å². The Balaban J connectivity index is 2.43. The summed E-state index contributed by atoms with van der Waals surface area (Å²) >= 11 is 0. The fourth-order valence-corrected chi connectivity index (χ4v) is 1.52. The molecular formula is C15H18N2O4. The van der Waals surface area contributed by atoms with Crippen LogP contribution in [-0.4, -0.2) is 29.4 Å². The summed E-state index contributed by atoms with van der Waals surface area (Å²) in [4.78, 5) is 33.0. The van der Waals surface area contributed by atoms with Gasteiger partial charge in [0, 0.05) is 18.2 Å². The van der Waals surface area contributed by atoms with E-state index in [0.29, 0.717) is 18.5 Å². The number of hydrogen-bond donors (Lipinski definition) is 3. The number of amides is 2. The Bertz CT molecular complexity index is 549. The van der Waals surface area contributed by atoms with Crippen LogP contribution in [0.2, 0.25) is 0 Å². The first-order valence-electron chi connectivity index (χ1n) is 6.48. The number of nitrogens with one attached hydrogen (secondary N) is 1. The molecule has 0 aliphatic heterocycles. The van der Waals surface area contributed by atoms with Crippen LogP contribution in [-0.2, 0) is 9.59 Å². The molecule has 1 aromatic carbocycles. The zero-order valence-electron chi connectivity index (χ0n) is 11.7. The minimum atomic E-state index is -0.880. The summed E-state index contributed by atoms with van der Waals surface area (Å²) in [6.45, 7) is 1.89. The second-order valence-electron chi connectivity index (χ2n) is 4.64. The Kier molecular flexibility index (Phi) is 6.13. The number of hydrogen-bond acceptors (Lipinski definition) is 3. The SMILES string of the molecule is CC(CCNC(=O)/C=C/c1ccc(C(N)=O)cc1)C(=O)O. The molecule has 0 spiro atoms. The highest BCUT2D eigenvalue weighted by molar-refractivity contribution is 5.94. The van der Waals surface area contributed by atoms with Crippen LogP contribution in [0.3, 0.4) is 0 Å². The Morgan fingerprint density at radius 2 is 1.90 bits per heavy atom. The maximum atomic E-state index is 11.5. The summed E-state index contributed by atoms with van der Waals surface area (Å²) in [7, 11) is 0. The van der Waals surface area contributed by atoms with Crippen molar-refractivity contribution in [3.8, 4) is 0 Å². The normalized spacial score (nSPS) is 12.0. The predicted molar refractivity (Wildman–Crippen MR) is 78.4 cm³/mol. The second kappa shape index (κ2) is 7.84. The number of primary amides is 1. The van der Waals surface area contributed by atoms with Crippen LogP contribution in [0.25, 0.3) is 6.08 Å². The van der Waals surface area contributed by atoms with Gasteiger partial charge in [-0.3, -0.25) is 14.4 Å². The molecule has 0 aliphatic carbocycles. The Labute approximate surface area is 122 Å². The van der Waals surface area contributed by atoms with Crippen LogP contribution < -0.4 is 11.1 Å². The molecule has 0 radical (unpaired) electrons. The molecule has 6 nitrogen and oxygen atoms in total. The highest BCUT2D eigenvalue weighted by atomic mass is 16.4. The zero-order chi connectivity index (χ0) is 15.8. The zero-order valence-corrected chi connectivity index (χ0v) is 11.7. The van der Waals surface area contributed by atoms with E-state index >= 15 is 0 Å². The van der Waals surface area contributed by atoms with Gasteiger partial charge in [-0.15, -0.1) is 0 Å². The van der Waals surface area contributed by atoms with Gasteiger partial charge in [-0.1, -0.05) is 19.1 Å². The average Bonchev–Trinajstić information content (AvgIpc) is 2.45. The summed E-state index contributed by atoms with van der Waals surface area (Å²) in [5, 5.41) is 11.3. The monoisotopic (exact) mass is 290 g/mol. The number of nitrogens with two attached hydrogens (primary N) is 1. The van der Waals surface area contributed by atoms with E-state index in [1.807, 2.05) is 0 Å². The van der Waals surface area contributed by atoms with Crippen molar-refractivity contribution in [2.45, 2.75) is 13.3 Å². The molecule has 6 heteroatoms. The summed E-state index contributed by atoms with van der Waals surface area (Å²) < 4.78 is 0. The fourth-order valence-electron chi connectivity index (χ4n) is 1.52. The molecule has 0 aromatic heterocycles. The van der Waals surface area contributed by atoms with E-state index in [9.17, 15) is 14.4 Å². The minimum absolute atomic E-state index is 0.299. The molecule has 2 amide bonds. The van der Waals surface area contributed by atoms with E-state index in [0.717, 1.165) is 5.56 Å². The summed E-state index contributed by atoms with van der Waals surface area (Å²) in [5.74, 6) is -2.17. The molecule has 1 rings (SSSR count). The summed E-state index contributed by atoms with van der Waals surface area (Å²) in [6, 6.07) is 6.51. The molecule has 1 aromatic rings. The Morgan fingerprint density at radius 3 is 2.43 bits per heavy atom. The van der Waals surface area contributed by atoms with E-state index in [2.05, 4.69) is 5.32 Å². The van der Waals surface area contributed by atoms with Gasteiger partial charge in [-0.2, -0.15) is 0 Å². The Morgan fingerprint density at radius 1 is 1.29 bits per heavy atom. The van der Waals surface area contributed by atoms with Gasteiger partial charge in [-0.05, 0) is 30.2 Å². The van der Waals surface area contributed by atoms with Gasteiger partial charge in [0.15, 0.2) is 0 Å². The molecule has 1 atom stereocenters. The van der Waals surface area contributed by atoms with E-state index in [1.165, 1.54) is 6.08 Å². The third kappa shape index (κ3) is 5.90. The molecule has 0 bridgehead atoms. The van der Waals surface area contributed by atoms with E-state index in [-0.39, 0.29) is 5.91 Å². The standard InChI is InChI=1S/C15H18N2O4/c1-10(15(20)21)8-9-17-13(18)7-4-11-2-5-12(6-3-11)14(16)19/h2-7,10H,8-9H2,1H3,(H2,16,19)(H,17,18)(H,20,21)/b7-4+. The molecular weight excluding hydrogens is 272 g/mol. The lowest BCUT2D eigenvalue weighted by Gasteiger charge is -2.05. The number of carbonyl (C=O) groups is 3. The van der Waals surface area contributed by atoms with Crippen LogP contribution in [0.5, 0.6) is 0 Å². The van der Waals surface area contributed by atoms with Crippen molar-refractivity contribution >= 4 is 23.9 Å². The number of carboxylic acids is 1. The maximum absolute atomic E-state index is 11.5. The van der Waals surface area contributed by atoms with Gasteiger partial charge in [0.1, 0.15) is 0 Å². The lowest BCUT2D eigenvalue weighted by molar-refractivity contribution is -0.141. The molecule has 0 fully saturated rings. The largest absolute Gasteiger partial charge is 0.481 e. The third-order valence-electron chi connectivity index (χ3n) is 2.92.